The van der Waals surface area contributed by atoms with Gasteiger partial charge in [-0.15, -0.1) is 11.3 Å². The number of carboxylic acids is 1. The molecular formula is C14H13NO5S. The van der Waals surface area contributed by atoms with Crippen molar-refractivity contribution in [1.29, 1.82) is 0 Å². The SMILES string of the molecule is COc1ccsc1C(=O)N(CC(=O)O)c1ccc(O)cc1. The quantitative estimate of drug-likeness (QED) is 0.884. The van der Waals surface area contributed by atoms with Gasteiger partial charge in [-0.25, -0.2) is 0 Å². The smallest absolute Gasteiger partial charge is 0.323 e. The van der Waals surface area contributed by atoms with Crippen LogP contribution in [0, 0.1) is 0 Å². The number of nitrogens with zero attached hydrogens (tertiary/aromatic N) is 1. The van der Waals surface area contributed by atoms with Gasteiger partial charge < -0.3 is 14.9 Å². The van der Waals surface area contributed by atoms with E-state index >= 15 is 0 Å². The van der Waals surface area contributed by atoms with Gasteiger partial charge in [-0.05, 0) is 35.7 Å². The van der Waals surface area contributed by atoms with Crippen molar-refractivity contribution in [3.05, 3.63) is 40.6 Å². The molecule has 0 fully saturated rings. The molecule has 110 valence electrons. The van der Waals surface area contributed by atoms with Crippen LogP contribution in [0.3, 0.4) is 0 Å². The Morgan fingerprint density at radius 3 is 2.48 bits per heavy atom. The van der Waals surface area contributed by atoms with Crippen LogP contribution in [0.25, 0.3) is 0 Å². The van der Waals surface area contributed by atoms with Gasteiger partial charge in [0.05, 0.1) is 7.11 Å². The molecule has 7 heteroatoms. The summed E-state index contributed by atoms with van der Waals surface area (Å²) in [4.78, 5) is 25.0. The van der Waals surface area contributed by atoms with Gasteiger partial charge in [0.1, 0.15) is 22.9 Å². The molecule has 2 rings (SSSR count). The molecule has 0 atom stereocenters. The van der Waals surface area contributed by atoms with Crippen molar-refractivity contribution < 1.29 is 24.5 Å². The summed E-state index contributed by atoms with van der Waals surface area (Å²) in [7, 11) is 1.45. The van der Waals surface area contributed by atoms with E-state index in [0.717, 1.165) is 4.90 Å². The lowest BCUT2D eigenvalue weighted by Gasteiger charge is -2.20. The molecule has 0 bridgehead atoms. The van der Waals surface area contributed by atoms with Crippen molar-refractivity contribution >= 4 is 28.9 Å². The lowest BCUT2D eigenvalue weighted by molar-refractivity contribution is -0.135. The second-order valence-corrected chi connectivity index (χ2v) is 5.04. The van der Waals surface area contributed by atoms with Crippen LogP contribution in [0.5, 0.6) is 11.5 Å². The number of carbonyl (C=O) groups is 2. The number of aromatic hydroxyl groups is 1. The third-order valence-electron chi connectivity index (χ3n) is 2.74. The Kier molecular flexibility index (Phi) is 4.44. The summed E-state index contributed by atoms with van der Waals surface area (Å²) in [6.07, 6.45) is 0. The van der Waals surface area contributed by atoms with Gasteiger partial charge in [-0.3, -0.25) is 14.5 Å². The third-order valence-corrected chi connectivity index (χ3v) is 3.63. The van der Waals surface area contributed by atoms with Crippen LogP contribution in [-0.4, -0.2) is 35.7 Å². The van der Waals surface area contributed by atoms with Gasteiger partial charge in [0, 0.05) is 5.69 Å². The van der Waals surface area contributed by atoms with E-state index in [1.165, 1.54) is 42.7 Å². The zero-order chi connectivity index (χ0) is 15.4. The van der Waals surface area contributed by atoms with Crippen LogP contribution in [-0.2, 0) is 4.79 Å². The minimum Gasteiger partial charge on any atom is -0.508 e. The number of carbonyl (C=O) groups excluding carboxylic acids is 1. The number of hydrogen-bond acceptors (Lipinski definition) is 5. The first-order valence-corrected chi connectivity index (χ1v) is 6.85. The summed E-state index contributed by atoms with van der Waals surface area (Å²) in [6, 6.07) is 7.40. The molecule has 6 nitrogen and oxygen atoms in total. The Hall–Kier alpha value is -2.54. The average Bonchev–Trinajstić information content (AvgIpc) is 2.93. The highest BCUT2D eigenvalue weighted by atomic mass is 32.1. The molecule has 0 aliphatic carbocycles. The molecule has 1 amide bonds. The molecule has 1 aromatic carbocycles. The van der Waals surface area contributed by atoms with Crippen molar-refractivity contribution in [2.24, 2.45) is 0 Å². The molecule has 0 radical (unpaired) electrons. The van der Waals surface area contributed by atoms with E-state index in [0.29, 0.717) is 16.3 Å². The van der Waals surface area contributed by atoms with E-state index in [2.05, 4.69) is 0 Å². The van der Waals surface area contributed by atoms with E-state index in [4.69, 9.17) is 9.84 Å². The first-order chi connectivity index (χ1) is 10.0. The molecule has 0 spiro atoms. The Morgan fingerprint density at radius 2 is 1.90 bits per heavy atom. The fraction of sp³-hybridized carbons (Fsp3) is 0.143. The molecule has 0 aliphatic rings. The number of hydrogen-bond donors (Lipinski definition) is 2. The van der Waals surface area contributed by atoms with Crippen molar-refractivity contribution in [3.8, 4) is 11.5 Å². The number of benzene rings is 1. The first kappa shape index (κ1) is 14.9. The second-order valence-electron chi connectivity index (χ2n) is 4.12. The minimum atomic E-state index is -1.13. The second kappa shape index (κ2) is 6.27. The van der Waals surface area contributed by atoms with E-state index in [1.54, 1.807) is 11.4 Å². The van der Waals surface area contributed by atoms with Crippen LogP contribution in [0.4, 0.5) is 5.69 Å². The molecular weight excluding hydrogens is 294 g/mol. The maximum atomic E-state index is 12.5. The van der Waals surface area contributed by atoms with Crippen LogP contribution in [0.1, 0.15) is 9.67 Å². The zero-order valence-corrected chi connectivity index (χ0v) is 12.0. The maximum Gasteiger partial charge on any atom is 0.323 e. The van der Waals surface area contributed by atoms with Gasteiger partial charge in [0.2, 0.25) is 0 Å². The molecule has 2 N–H and O–H groups in total. The number of thiophene rings is 1. The Balaban J connectivity index is 2.38. The topological polar surface area (TPSA) is 87.1 Å². The molecule has 0 aliphatic heterocycles. The van der Waals surface area contributed by atoms with E-state index in [-0.39, 0.29) is 5.75 Å². The fourth-order valence-corrected chi connectivity index (χ4v) is 2.59. The van der Waals surface area contributed by atoms with E-state index in [9.17, 15) is 14.7 Å². The molecule has 21 heavy (non-hydrogen) atoms. The summed E-state index contributed by atoms with van der Waals surface area (Å²) in [6.45, 7) is -0.481. The highest BCUT2D eigenvalue weighted by Gasteiger charge is 2.24. The minimum absolute atomic E-state index is 0.0372. The summed E-state index contributed by atoms with van der Waals surface area (Å²) >= 11 is 1.18. The highest BCUT2D eigenvalue weighted by Crippen LogP contribution is 2.28. The standard InChI is InChI=1S/C14H13NO5S/c1-20-11-6-7-21-13(11)14(19)15(8-12(17)18)9-2-4-10(16)5-3-9/h2-7,16H,8H2,1H3,(H,17,18). The predicted octanol–water partition coefficient (Wildman–Crippen LogP) is 2.19. The van der Waals surface area contributed by atoms with Crippen LogP contribution >= 0.6 is 11.3 Å². The normalized spacial score (nSPS) is 10.1. The van der Waals surface area contributed by atoms with Gasteiger partial charge in [-0.2, -0.15) is 0 Å². The van der Waals surface area contributed by atoms with Crippen LogP contribution < -0.4 is 9.64 Å². The summed E-state index contributed by atoms with van der Waals surface area (Å²) in [5, 5.41) is 20.0. The van der Waals surface area contributed by atoms with Crippen molar-refractivity contribution in [2.45, 2.75) is 0 Å². The fourth-order valence-electron chi connectivity index (χ4n) is 1.78. The predicted molar refractivity (Wildman–Crippen MR) is 78.3 cm³/mol. The summed E-state index contributed by atoms with van der Waals surface area (Å²) in [5.41, 5.74) is 0.385. The molecule has 1 aromatic heterocycles. The number of phenols is 1. The Labute approximate surface area is 124 Å². The van der Waals surface area contributed by atoms with Crippen molar-refractivity contribution in [1.82, 2.24) is 0 Å². The number of amides is 1. The lowest BCUT2D eigenvalue weighted by atomic mass is 10.2. The number of methoxy groups -OCH3 is 1. The number of phenolic OH excluding ortho intramolecular Hbond substituents is 1. The van der Waals surface area contributed by atoms with Gasteiger partial charge in [-0.1, -0.05) is 0 Å². The number of ether oxygens (including phenoxy) is 1. The molecule has 1 heterocycles. The first-order valence-electron chi connectivity index (χ1n) is 5.97. The molecule has 0 saturated heterocycles. The average molecular weight is 307 g/mol. The van der Waals surface area contributed by atoms with E-state index in [1.807, 2.05) is 0 Å². The number of rotatable bonds is 5. The summed E-state index contributed by atoms with van der Waals surface area (Å²) in [5.74, 6) is -1.16. The van der Waals surface area contributed by atoms with Gasteiger partial charge in [0.15, 0.2) is 0 Å². The van der Waals surface area contributed by atoms with Gasteiger partial charge >= 0.3 is 5.97 Å². The van der Waals surface area contributed by atoms with Crippen LogP contribution in [0.2, 0.25) is 0 Å². The van der Waals surface area contributed by atoms with Gasteiger partial charge in [0.25, 0.3) is 5.91 Å². The van der Waals surface area contributed by atoms with E-state index < -0.39 is 18.4 Å². The Morgan fingerprint density at radius 1 is 1.24 bits per heavy atom. The van der Waals surface area contributed by atoms with Crippen molar-refractivity contribution in [3.63, 3.8) is 0 Å². The molecule has 0 unspecified atom stereocenters. The number of anilines is 1. The summed E-state index contributed by atoms with van der Waals surface area (Å²) < 4.78 is 5.09. The molecule has 0 saturated carbocycles. The lowest BCUT2D eigenvalue weighted by Crippen LogP contribution is -2.35. The maximum absolute atomic E-state index is 12.5. The largest absolute Gasteiger partial charge is 0.508 e. The third kappa shape index (κ3) is 3.32. The zero-order valence-electron chi connectivity index (χ0n) is 11.1. The van der Waals surface area contributed by atoms with Crippen molar-refractivity contribution in [2.75, 3.05) is 18.6 Å². The van der Waals surface area contributed by atoms with Crippen LogP contribution in [0.15, 0.2) is 35.7 Å². The number of carboxylic acid groups (broad SMARTS) is 1. The Bertz CT molecular complexity index is 650. The molecule has 2 aromatic rings. The number of aliphatic carboxylic acids is 1. The monoisotopic (exact) mass is 307 g/mol. The highest BCUT2D eigenvalue weighted by molar-refractivity contribution is 7.12.